The molecular formula is C25H31FN4O5S. The first kappa shape index (κ1) is 26.2. The van der Waals surface area contributed by atoms with E-state index >= 15 is 0 Å². The number of hydrogen-bond donors (Lipinski definition) is 4. The molecule has 11 heteroatoms. The van der Waals surface area contributed by atoms with Crippen LogP contribution in [0.2, 0.25) is 0 Å². The van der Waals surface area contributed by atoms with Crippen LogP contribution in [0.25, 0.3) is 0 Å². The molecule has 194 valence electrons. The summed E-state index contributed by atoms with van der Waals surface area (Å²) in [7, 11) is -3.71. The van der Waals surface area contributed by atoms with E-state index in [1.54, 1.807) is 0 Å². The zero-order valence-electron chi connectivity index (χ0n) is 19.8. The van der Waals surface area contributed by atoms with Crippen molar-refractivity contribution < 1.29 is 27.1 Å². The molecule has 2 aromatic carbocycles. The number of ether oxygens (including phenoxy) is 1. The molecule has 0 spiro atoms. The molecule has 0 aliphatic carbocycles. The van der Waals surface area contributed by atoms with Gasteiger partial charge in [-0.2, -0.15) is 0 Å². The summed E-state index contributed by atoms with van der Waals surface area (Å²) in [6.45, 7) is 2.56. The first-order valence-corrected chi connectivity index (χ1v) is 13.6. The maximum atomic E-state index is 13.2. The molecule has 0 radical (unpaired) electrons. The second-order valence-electron chi connectivity index (χ2n) is 9.16. The largest absolute Gasteiger partial charge is 0.380 e. The Morgan fingerprint density at radius 1 is 1.03 bits per heavy atom. The molecule has 2 saturated heterocycles. The van der Waals surface area contributed by atoms with E-state index in [-0.39, 0.29) is 22.4 Å². The number of amides is 2. The maximum Gasteiger partial charge on any atom is 0.251 e. The van der Waals surface area contributed by atoms with Crippen LogP contribution < -0.4 is 20.7 Å². The molecule has 4 rings (SSSR count). The second-order valence-corrected chi connectivity index (χ2v) is 10.9. The van der Waals surface area contributed by atoms with Crippen LogP contribution in [0.15, 0.2) is 53.4 Å². The Morgan fingerprint density at radius 2 is 1.72 bits per heavy atom. The molecule has 2 aromatic rings. The summed E-state index contributed by atoms with van der Waals surface area (Å²) >= 11 is 0. The van der Waals surface area contributed by atoms with Crippen molar-refractivity contribution in [3.63, 3.8) is 0 Å². The Kier molecular flexibility index (Phi) is 8.68. The van der Waals surface area contributed by atoms with Gasteiger partial charge in [0.1, 0.15) is 11.9 Å². The highest BCUT2D eigenvalue weighted by atomic mass is 32.2. The summed E-state index contributed by atoms with van der Waals surface area (Å²) in [6.07, 6.45) is 2.86. The van der Waals surface area contributed by atoms with Crippen LogP contribution in [0.1, 0.15) is 36.0 Å². The second kappa shape index (κ2) is 11.9. The summed E-state index contributed by atoms with van der Waals surface area (Å²) in [5.41, 5.74) is 0.670. The number of anilines is 1. The van der Waals surface area contributed by atoms with Crippen molar-refractivity contribution in [1.29, 1.82) is 0 Å². The fourth-order valence-corrected chi connectivity index (χ4v) is 5.64. The first-order chi connectivity index (χ1) is 17.3. The summed E-state index contributed by atoms with van der Waals surface area (Å²) in [4.78, 5) is 26.0. The minimum Gasteiger partial charge on any atom is -0.380 e. The Labute approximate surface area is 210 Å². The number of nitrogens with one attached hydrogen (secondary N) is 4. The fourth-order valence-electron chi connectivity index (χ4n) is 4.39. The third-order valence-corrected chi connectivity index (χ3v) is 7.98. The zero-order chi connectivity index (χ0) is 25.5. The third-order valence-electron chi connectivity index (χ3n) is 6.44. The predicted molar refractivity (Wildman–Crippen MR) is 132 cm³/mol. The van der Waals surface area contributed by atoms with Gasteiger partial charge in [0.05, 0.1) is 11.5 Å². The molecule has 0 bridgehead atoms. The highest BCUT2D eigenvalue weighted by Crippen LogP contribution is 2.21. The van der Waals surface area contributed by atoms with Crippen LogP contribution >= 0.6 is 0 Å². The van der Waals surface area contributed by atoms with Crippen molar-refractivity contribution in [2.75, 3.05) is 31.6 Å². The van der Waals surface area contributed by atoms with Crippen molar-refractivity contribution in [2.45, 2.75) is 42.7 Å². The Bertz CT molecular complexity index is 1150. The van der Waals surface area contributed by atoms with Crippen molar-refractivity contribution in [1.82, 2.24) is 15.4 Å². The van der Waals surface area contributed by atoms with E-state index in [9.17, 15) is 22.4 Å². The van der Waals surface area contributed by atoms with Gasteiger partial charge < -0.3 is 20.7 Å². The van der Waals surface area contributed by atoms with Gasteiger partial charge in [0.25, 0.3) is 5.91 Å². The number of carbonyl (C=O) groups excluding carboxylic acids is 2. The van der Waals surface area contributed by atoms with Crippen molar-refractivity contribution in [3.05, 3.63) is 59.9 Å². The molecule has 2 amide bonds. The highest BCUT2D eigenvalue weighted by molar-refractivity contribution is 7.89. The molecule has 2 aliphatic rings. The van der Waals surface area contributed by atoms with E-state index in [0.29, 0.717) is 31.7 Å². The van der Waals surface area contributed by atoms with Crippen LogP contribution in [0, 0.1) is 11.7 Å². The number of rotatable bonds is 9. The number of benzene rings is 2. The van der Waals surface area contributed by atoms with Gasteiger partial charge in [0.2, 0.25) is 15.9 Å². The minimum absolute atomic E-state index is 0.0864. The third kappa shape index (κ3) is 7.10. The lowest BCUT2D eigenvalue weighted by Crippen LogP contribution is -2.46. The fraction of sp³-hybridized carbons (Fsp3) is 0.440. The Morgan fingerprint density at radius 3 is 2.36 bits per heavy atom. The number of halogens is 1. The van der Waals surface area contributed by atoms with Gasteiger partial charge in [-0.1, -0.05) is 0 Å². The van der Waals surface area contributed by atoms with Crippen LogP contribution in [-0.2, 0) is 19.6 Å². The zero-order valence-corrected chi connectivity index (χ0v) is 20.7. The van der Waals surface area contributed by atoms with Gasteiger partial charge >= 0.3 is 0 Å². The van der Waals surface area contributed by atoms with Crippen LogP contribution in [0.4, 0.5) is 10.1 Å². The summed E-state index contributed by atoms with van der Waals surface area (Å²) in [6, 6.07) is 9.95. The molecule has 36 heavy (non-hydrogen) atoms. The van der Waals surface area contributed by atoms with Crippen LogP contribution in [0.3, 0.4) is 0 Å². The molecule has 2 fully saturated rings. The monoisotopic (exact) mass is 518 g/mol. The summed E-state index contributed by atoms with van der Waals surface area (Å²) in [5, 5.41) is 8.85. The van der Waals surface area contributed by atoms with Gasteiger partial charge in [-0.05, 0) is 93.2 Å². The minimum atomic E-state index is -3.71. The quantitative estimate of drug-likeness (QED) is 0.403. The van der Waals surface area contributed by atoms with E-state index < -0.39 is 33.7 Å². The van der Waals surface area contributed by atoms with Gasteiger partial charge in [-0.25, -0.2) is 17.5 Å². The number of carbonyl (C=O) groups is 2. The SMILES string of the molecule is O=C(N[C@@H](CC1CCNCC1)C(=O)Nc1ccc(S(=O)(=O)N[C@@H]2CCOC2)cc1)c1ccc(F)cc1. The van der Waals surface area contributed by atoms with Crippen LogP contribution in [0.5, 0.6) is 0 Å². The summed E-state index contributed by atoms with van der Waals surface area (Å²) in [5.74, 6) is -1.06. The Hall–Kier alpha value is -2.86. The molecule has 2 atom stereocenters. The van der Waals surface area contributed by atoms with Crippen molar-refractivity contribution in [2.24, 2.45) is 5.92 Å². The van der Waals surface area contributed by atoms with E-state index in [1.807, 2.05) is 0 Å². The molecule has 0 saturated carbocycles. The number of sulfonamides is 1. The number of piperidine rings is 1. The average molecular weight is 519 g/mol. The van der Waals surface area contributed by atoms with Gasteiger partial charge in [-0.3, -0.25) is 9.59 Å². The van der Waals surface area contributed by atoms with Gasteiger partial charge in [0, 0.05) is 23.9 Å². The highest BCUT2D eigenvalue weighted by Gasteiger charge is 2.27. The maximum absolute atomic E-state index is 13.2. The molecule has 0 aromatic heterocycles. The molecule has 2 aliphatic heterocycles. The average Bonchev–Trinajstić information content (AvgIpc) is 3.37. The van der Waals surface area contributed by atoms with E-state index in [2.05, 4.69) is 20.7 Å². The van der Waals surface area contributed by atoms with E-state index in [0.717, 1.165) is 25.9 Å². The lowest BCUT2D eigenvalue weighted by Gasteiger charge is -2.27. The molecule has 9 nitrogen and oxygen atoms in total. The lowest BCUT2D eigenvalue weighted by atomic mass is 9.90. The molecule has 4 N–H and O–H groups in total. The van der Waals surface area contributed by atoms with Crippen LogP contribution in [-0.4, -0.2) is 58.6 Å². The number of hydrogen-bond acceptors (Lipinski definition) is 6. The smallest absolute Gasteiger partial charge is 0.251 e. The van der Waals surface area contributed by atoms with E-state index in [4.69, 9.17) is 4.74 Å². The molecule has 2 heterocycles. The lowest BCUT2D eigenvalue weighted by molar-refractivity contribution is -0.118. The topological polar surface area (TPSA) is 126 Å². The molecule has 0 unspecified atom stereocenters. The van der Waals surface area contributed by atoms with Gasteiger partial charge in [0.15, 0.2) is 0 Å². The van der Waals surface area contributed by atoms with Crippen molar-refractivity contribution in [3.8, 4) is 0 Å². The normalized spacial score (nSPS) is 19.5. The first-order valence-electron chi connectivity index (χ1n) is 12.1. The Balaban J connectivity index is 1.43. The standard InChI is InChI=1S/C25H31FN4O5S/c26-19-3-1-18(2-4-19)24(31)29-23(15-17-9-12-27-13-10-17)25(32)28-20-5-7-22(8-6-20)36(33,34)30-21-11-14-35-16-21/h1-8,17,21,23,27,30H,9-16H2,(H,28,32)(H,29,31)/t21-,23+/m1/s1. The van der Waals surface area contributed by atoms with E-state index in [1.165, 1.54) is 48.5 Å². The molecular weight excluding hydrogens is 487 g/mol. The predicted octanol–water partition coefficient (Wildman–Crippen LogP) is 2.02. The van der Waals surface area contributed by atoms with Crippen molar-refractivity contribution >= 4 is 27.5 Å². The summed E-state index contributed by atoms with van der Waals surface area (Å²) < 4.78 is 46.3. The van der Waals surface area contributed by atoms with Gasteiger partial charge in [-0.15, -0.1) is 0 Å².